The van der Waals surface area contributed by atoms with Crippen LogP contribution in [0.1, 0.15) is 33.6 Å². The molecule has 0 heterocycles. The number of hydrogen-bond donors (Lipinski definition) is 0. The van der Waals surface area contributed by atoms with Crippen molar-refractivity contribution in [3.63, 3.8) is 0 Å². The van der Waals surface area contributed by atoms with Gasteiger partial charge in [-0.2, -0.15) is 35.3 Å². The highest BCUT2D eigenvalue weighted by molar-refractivity contribution is 7.99. The van der Waals surface area contributed by atoms with Crippen LogP contribution in [-0.4, -0.2) is 117 Å². The van der Waals surface area contributed by atoms with E-state index in [0.29, 0.717) is 36.9 Å². The third-order valence-corrected chi connectivity index (χ3v) is 8.15. The van der Waals surface area contributed by atoms with E-state index in [9.17, 15) is 24.0 Å². The standard InChI is InChI=1S/C26H45NO9S3/c1-20(16-28)17-39-15-10-27(8-6-23(29)33-11-13-35-25(31)21(2)18-37-4)9-7-24(30)34-12-14-36-26(32)22(3)19-38-5/h16,20-22H,6-15,17-19H2,1-5H3. The van der Waals surface area contributed by atoms with Gasteiger partial charge in [-0.25, -0.2) is 0 Å². The van der Waals surface area contributed by atoms with Gasteiger partial charge in [0.2, 0.25) is 0 Å². The van der Waals surface area contributed by atoms with Crippen LogP contribution in [-0.2, 0) is 42.9 Å². The molecule has 13 heteroatoms. The van der Waals surface area contributed by atoms with Crippen LogP contribution in [0.3, 0.4) is 0 Å². The molecule has 3 unspecified atom stereocenters. The maximum Gasteiger partial charge on any atom is 0.309 e. The number of esters is 4. The van der Waals surface area contributed by atoms with Crippen molar-refractivity contribution in [2.24, 2.45) is 17.8 Å². The summed E-state index contributed by atoms with van der Waals surface area (Å²) in [6.45, 7) is 6.80. The lowest BCUT2D eigenvalue weighted by Crippen LogP contribution is -2.32. The largest absolute Gasteiger partial charge is 0.462 e. The Morgan fingerprint density at radius 2 is 1.13 bits per heavy atom. The zero-order valence-electron chi connectivity index (χ0n) is 23.8. The van der Waals surface area contributed by atoms with Crippen molar-refractivity contribution in [3.8, 4) is 0 Å². The average Bonchev–Trinajstić information content (AvgIpc) is 2.92. The molecule has 0 radical (unpaired) electrons. The first kappa shape index (κ1) is 37.6. The van der Waals surface area contributed by atoms with Gasteiger partial charge in [0.25, 0.3) is 0 Å². The lowest BCUT2D eigenvalue weighted by Gasteiger charge is -2.21. The van der Waals surface area contributed by atoms with Crippen LogP contribution in [0.25, 0.3) is 0 Å². The summed E-state index contributed by atoms with van der Waals surface area (Å²) in [5.41, 5.74) is 0. The van der Waals surface area contributed by atoms with E-state index in [1.807, 2.05) is 24.3 Å². The summed E-state index contributed by atoms with van der Waals surface area (Å²) in [7, 11) is 0. The minimum absolute atomic E-state index is 0.0101. The van der Waals surface area contributed by atoms with Gasteiger partial charge in [-0.3, -0.25) is 19.2 Å². The van der Waals surface area contributed by atoms with Gasteiger partial charge in [-0.05, 0) is 12.5 Å². The SMILES string of the molecule is CSCC(C)C(=O)OCCOC(=O)CCN(CCSCC(C)C=O)CCC(=O)OCCOC(=O)C(C)CSC. The second-order valence-corrected chi connectivity index (χ2v) is 12.0. The van der Waals surface area contributed by atoms with Crippen molar-refractivity contribution in [1.82, 2.24) is 4.90 Å². The summed E-state index contributed by atoms with van der Waals surface area (Å²) in [5, 5.41) is 0. The average molecular weight is 612 g/mol. The third-order valence-electron chi connectivity index (χ3n) is 5.25. The Morgan fingerprint density at radius 3 is 1.54 bits per heavy atom. The van der Waals surface area contributed by atoms with Gasteiger partial charge in [0.1, 0.15) is 32.7 Å². The van der Waals surface area contributed by atoms with E-state index < -0.39 is 11.9 Å². The van der Waals surface area contributed by atoms with E-state index in [1.54, 1.807) is 49.1 Å². The Balaban J connectivity index is 4.44. The molecule has 0 fully saturated rings. The lowest BCUT2D eigenvalue weighted by molar-refractivity contribution is -0.154. The highest BCUT2D eigenvalue weighted by Crippen LogP contribution is 2.09. The molecule has 0 spiro atoms. The molecular weight excluding hydrogens is 566 g/mol. The molecule has 0 saturated carbocycles. The molecule has 0 aliphatic carbocycles. The maximum atomic E-state index is 12.2. The van der Waals surface area contributed by atoms with Crippen molar-refractivity contribution < 1.29 is 42.9 Å². The second kappa shape index (κ2) is 24.4. The molecule has 0 aromatic heterocycles. The first-order chi connectivity index (χ1) is 18.6. The normalized spacial score (nSPS) is 13.3. The fourth-order valence-electron chi connectivity index (χ4n) is 3.00. The predicted molar refractivity (Wildman–Crippen MR) is 157 cm³/mol. The van der Waals surface area contributed by atoms with Crippen LogP contribution in [0, 0.1) is 17.8 Å². The fourth-order valence-corrected chi connectivity index (χ4v) is 5.27. The van der Waals surface area contributed by atoms with Crippen molar-refractivity contribution in [3.05, 3.63) is 0 Å². The Hall–Kier alpha value is -1.44. The van der Waals surface area contributed by atoms with E-state index >= 15 is 0 Å². The number of carbonyl (C=O) groups is 5. The molecule has 0 aromatic carbocycles. The van der Waals surface area contributed by atoms with Gasteiger partial charge in [0, 0.05) is 48.6 Å². The lowest BCUT2D eigenvalue weighted by atomic mass is 10.2. The highest BCUT2D eigenvalue weighted by atomic mass is 32.2. The molecule has 10 nitrogen and oxygen atoms in total. The van der Waals surface area contributed by atoms with Crippen molar-refractivity contribution in [1.29, 1.82) is 0 Å². The van der Waals surface area contributed by atoms with Gasteiger partial charge in [0.15, 0.2) is 0 Å². The van der Waals surface area contributed by atoms with Crippen LogP contribution >= 0.6 is 35.3 Å². The summed E-state index contributed by atoms with van der Waals surface area (Å²) in [4.78, 5) is 60.7. The molecule has 0 rings (SSSR count). The maximum absolute atomic E-state index is 12.2. The van der Waals surface area contributed by atoms with Crippen LogP contribution in [0.15, 0.2) is 0 Å². The summed E-state index contributed by atoms with van der Waals surface area (Å²) in [6, 6.07) is 0. The quantitative estimate of drug-likeness (QED) is 0.0688. The highest BCUT2D eigenvalue weighted by Gasteiger charge is 2.16. The van der Waals surface area contributed by atoms with E-state index in [4.69, 9.17) is 18.9 Å². The van der Waals surface area contributed by atoms with Crippen molar-refractivity contribution in [2.75, 3.05) is 81.6 Å². The van der Waals surface area contributed by atoms with E-state index in [1.165, 1.54) is 0 Å². The second-order valence-electron chi connectivity index (χ2n) is 9.02. The molecule has 0 aromatic rings. The first-order valence-electron chi connectivity index (χ1n) is 13.0. The Kier molecular flexibility index (Phi) is 23.5. The van der Waals surface area contributed by atoms with E-state index in [0.717, 1.165) is 12.0 Å². The molecule has 0 saturated heterocycles. The van der Waals surface area contributed by atoms with Gasteiger partial charge < -0.3 is 28.6 Å². The third kappa shape index (κ3) is 21.0. The topological polar surface area (TPSA) is 126 Å². The van der Waals surface area contributed by atoms with Crippen LogP contribution < -0.4 is 0 Å². The number of aldehydes is 1. The van der Waals surface area contributed by atoms with Crippen molar-refractivity contribution in [2.45, 2.75) is 33.6 Å². The van der Waals surface area contributed by atoms with Gasteiger partial charge in [0.05, 0.1) is 24.7 Å². The molecule has 0 aliphatic rings. The number of ether oxygens (including phenoxy) is 4. The molecule has 3 atom stereocenters. The summed E-state index contributed by atoms with van der Waals surface area (Å²) in [5.74, 6) is 0.819. The zero-order valence-corrected chi connectivity index (χ0v) is 26.3. The summed E-state index contributed by atoms with van der Waals surface area (Å²) in [6.07, 6.45) is 4.97. The number of rotatable bonds is 24. The van der Waals surface area contributed by atoms with Crippen LogP contribution in [0.2, 0.25) is 0 Å². The van der Waals surface area contributed by atoms with Crippen LogP contribution in [0.5, 0.6) is 0 Å². The molecule has 0 bridgehead atoms. The van der Waals surface area contributed by atoms with Gasteiger partial charge in [-0.1, -0.05) is 20.8 Å². The summed E-state index contributed by atoms with van der Waals surface area (Å²) >= 11 is 4.75. The minimum Gasteiger partial charge on any atom is -0.462 e. The first-order valence-corrected chi connectivity index (χ1v) is 17.0. The fraction of sp³-hybridized carbons (Fsp3) is 0.808. The molecule has 226 valence electrons. The predicted octanol–water partition coefficient (Wildman–Crippen LogP) is 2.81. The smallest absolute Gasteiger partial charge is 0.309 e. The molecule has 39 heavy (non-hydrogen) atoms. The van der Waals surface area contributed by atoms with Gasteiger partial charge >= 0.3 is 23.9 Å². The van der Waals surface area contributed by atoms with E-state index in [-0.39, 0.29) is 69.0 Å². The van der Waals surface area contributed by atoms with Crippen molar-refractivity contribution >= 4 is 65.4 Å². The number of thioether (sulfide) groups is 3. The zero-order chi connectivity index (χ0) is 29.5. The molecular formula is C26H45NO9S3. The monoisotopic (exact) mass is 611 g/mol. The summed E-state index contributed by atoms with van der Waals surface area (Å²) < 4.78 is 20.6. The Labute approximate surface area is 245 Å². The minimum atomic E-state index is -0.421. The van der Waals surface area contributed by atoms with E-state index in [2.05, 4.69) is 0 Å². The molecule has 0 N–H and O–H groups in total. The Bertz CT molecular complexity index is 679. The molecule has 0 amide bonds. The van der Waals surface area contributed by atoms with Gasteiger partial charge in [-0.15, -0.1) is 0 Å². The van der Waals surface area contributed by atoms with Crippen LogP contribution in [0.4, 0.5) is 0 Å². The number of carbonyl (C=O) groups excluding carboxylic acids is 5. The number of nitrogens with zero attached hydrogens (tertiary/aromatic N) is 1. The molecule has 0 aliphatic heterocycles. The Morgan fingerprint density at radius 1 is 0.692 bits per heavy atom. The number of hydrogen-bond acceptors (Lipinski definition) is 13.